The summed E-state index contributed by atoms with van der Waals surface area (Å²) in [7, 11) is 4.68. The highest BCUT2D eigenvalue weighted by Gasteiger charge is 2.23. The van der Waals surface area contributed by atoms with Crippen LogP contribution in [0.1, 0.15) is 12.0 Å². The zero-order chi connectivity index (χ0) is 16.2. The Bertz CT molecular complexity index is 642. The van der Waals surface area contributed by atoms with E-state index < -0.39 is 0 Å². The van der Waals surface area contributed by atoms with E-state index in [1.165, 1.54) is 0 Å². The number of benzene rings is 1. The van der Waals surface area contributed by atoms with Crippen molar-refractivity contribution < 1.29 is 23.5 Å². The lowest BCUT2D eigenvalue weighted by Crippen LogP contribution is -2.33. The number of hydrogen-bond acceptors (Lipinski definition) is 8. The van der Waals surface area contributed by atoms with Gasteiger partial charge in [-0.05, 0) is 12.1 Å². The first kappa shape index (κ1) is 15.6. The number of nitrogens with one attached hydrogen (secondary N) is 1. The first-order valence-corrected chi connectivity index (χ1v) is 7.23. The van der Waals surface area contributed by atoms with Gasteiger partial charge in [0, 0.05) is 18.7 Å². The van der Waals surface area contributed by atoms with E-state index in [9.17, 15) is 0 Å². The summed E-state index contributed by atoms with van der Waals surface area (Å²) < 4.78 is 26.9. The Morgan fingerprint density at radius 3 is 2.43 bits per heavy atom. The third-order valence-electron chi connectivity index (χ3n) is 3.57. The summed E-state index contributed by atoms with van der Waals surface area (Å²) in [5, 5.41) is 7.25. The minimum absolute atomic E-state index is 0.230. The molecule has 1 fully saturated rings. The number of aromatic nitrogens is 2. The van der Waals surface area contributed by atoms with Crippen LogP contribution >= 0.6 is 0 Å². The van der Waals surface area contributed by atoms with Crippen molar-refractivity contribution in [2.24, 2.45) is 0 Å². The van der Waals surface area contributed by atoms with Gasteiger partial charge in [-0.15, -0.1) is 0 Å². The number of methoxy groups -OCH3 is 3. The average Bonchev–Trinajstić information content (AvgIpc) is 3.11. The summed E-state index contributed by atoms with van der Waals surface area (Å²) in [5.41, 5.74) is 0.707. The van der Waals surface area contributed by atoms with Crippen LogP contribution in [0.2, 0.25) is 0 Å². The molecular weight excluding hydrogens is 302 g/mol. The van der Waals surface area contributed by atoms with Crippen LogP contribution in [0.15, 0.2) is 16.7 Å². The second kappa shape index (κ2) is 6.84. The fourth-order valence-corrected chi connectivity index (χ4v) is 2.42. The lowest BCUT2D eigenvalue weighted by atomic mass is 10.1. The molecule has 1 aromatic carbocycles. The molecule has 8 heteroatoms. The lowest BCUT2D eigenvalue weighted by Gasteiger charge is -2.19. The monoisotopic (exact) mass is 321 g/mol. The summed E-state index contributed by atoms with van der Waals surface area (Å²) in [6, 6.07) is 3.55. The molecule has 1 atom stereocenters. The molecule has 1 aliphatic heterocycles. The molecule has 0 unspecified atom stereocenters. The number of morpholine rings is 1. The van der Waals surface area contributed by atoms with Crippen molar-refractivity contribution in [3.8, 4) is 28.6 Å². The van der Waals surface area contributed by atoms with Gasteiger partial charge in [0.2, 0.25) is 11.6 Å². The number of ether oxygens (including phenoxy) is 4. The van der Waals surface area contributed by atoms with Crippen molar-refractivity contribution in [2.75, 3.05) is 41.0 Å². The van der Waals surface area contributed by atoms with E-state index in [1.54, 1.807) is 33.5 Å². The van der Waals surface area contributed by atoms with E-state index >= 15 is 0 Å². The summed E-state index contributed by atoms with van der Waals surface area (Å²) >= 11 is 0. The van der Waals surface area contributed by atoms with E-state index in [4.69, 9.17) is 23.5 Å². The smallest absolute Gasteiger partial charge is 0.257 e. The van der Waals surface area contributed by atoms with Crippen molar-refractivity contribution in [1.29, 1.82) is 0 Å². The fourth-order valence-electron chi connectivity index (χ4n) is 2.42. The zero-order valence-corrected chi connectivity index (χ0v) is 13.3. The van der Waals surface area contributed by atoms with Crippen molar-refractivity contribution in [2.45, 2.75) is 6.10 Å². The Balaban J connectivity index is 1.93. The van der Waals surface area contributed by atoms with Gasteiger partial charge in [0.15, 0.2) is 11.5 Å². The standard InChI is InChI=1S/C15H19N3O5/c1-19-10-6-9(7-11(20-2)13(10)21-3)14-17-15(23-18-14)12-8-16-4-5-22-12/h6-7,12,16H,4-5,8H2,1-3H3/t12-/m0/s1. The maximum Gasteiger partial charge on any atom is 0.257 e. The molecule has 0 saturated carbocycles. The van der Waals surface area contributed by atoms with Gasteiger partial charge in [0.1, 0.15) is 6.10 Å². The van der Waals surface area contributed by atoms with Crippen molar-refractivity contribution in [3.05, 3.63) is 18.0 Å². The van der Waals surface area contributed by atoms with Crippen LogP contribution < -0.4 is 19.5 Å². The van der Waals surface area contributed by atoms with Crippen molar-refractivity contribution in [1.82, 2.24) is 15.5 Å². The molecule has 0 amide bonds. The molecule has 0 spiro atoms. The van der Waals surface area contributed by atoms with Gasteiger partial charge in [0.25, 0.3) is 5.89 Å². The van der Waals surface area contributed by atoms with Crippen LogP contribution in [0.25, 0.3) is 11.4 Å². The molecule has 23 heavy (non-hydrogen) atoms. The van der Waals surface area contributed by atoms with Gasteiger partial charge in [-0.3, -0.25) is 0 Å². The Labute approximate surface area is 133 Å². The molecule has 0 bridgehead atoms. The third kappa shape index (κ3) is 3.08. The van der Waals surface area contributed by atoms with Crippen LogP contribution in [0.4, 0.5) is 0 Å². The summed E-state index contributed by atoms with van der Waals surface area (Å²) in [6.07, 6.45) is -0.230. The highest BCUT2D eigenvalue weighted by Crippen LogP contribution is 2.40. The summed E-state index contributed by atoms with van der Waals surface area (Å²) in [5.74, 6) is 2.46. The van der Waals surface area contributed by atoms with Crippen molar-refractivity contribution in [3.63, 3.8) is 0 Å². The fraction of sp³-hybridized carbons (Fsp3) is 0.467. The van der Waals surface area contributed by atoms with Gasteiger partial charge < -0.3 is 28.8 Å². The molecule has 1 aromatic heterocycles. The van der Waals surface area contributed by atoms with Gasteiger partial charge in [0.05, 0.1) is 27.9 Å². The van der Waals surface area contributed by atoms with Gasteiger partial charge in [-0.1, -0.05) is 5.16 Å². The van der Waals surface area contributed by atoms with E-state index in [0.29, 0.717) is 47.7 Å². The Hall–Kier alpha value is -2.32. The maximum absolute atomic E-state index is 5.61. The Morgan fingerprint density at radius 2 is 1.87 bits per heavy atom. The van der Waals surface area contributed by atoms with Gasteiger partial charge in [-0.25, -0.2) is 0 Å². The molecule has 1 aliphatic rings. The molecule has 8 nitrogen and oxygen atoms in total. The molecule has 0 aliphatic carbocycles. The van der Waals surface area contributed by atoms with Gasteiger partial charge in [-0.2, -0.15) is 4.98 Å². The molecule has 3 rings (SSSR count). The highest BCUT2D eigenvalue weighted by atomic mass is 16.5. The molecule has 1 N–H and O–H groups in total. The van der Waals surface area contributed by atoms with Crippen LogP contribution in [0.3, 0.4) is 0 Å². The number of rotatable bonds is 5. The summed E-state index contributed by atoms with van der Waals surface area (Å²) in [4.78, 5) is 4.42. The Morgan fingerprint density at radius 1 is 1.13 bits per heavy atom. The first-order valence-electron chi connectivity index (χ1n) is 7.23. The summed E-state index contributed by atoms with van der Waals surface area (Å²) in [6.45, 7) is 2.09. The molecule has 2 heterocycles. The minimum atomic E-state index is -0.230. The quantitative estimate of drug-likeness (QED) is 0.885. The lowest BCUT2D eigenvalue weighted by molar-refractivity contribution is 0.00755. The molecule has 0 radical (unpaired) electrons. The highest BCUT2D eigenvalue weighted by molar-refractivity contribution is 5.66. The predicted molar refractivity (Wildman–Crippen MR) is 81.0 cm³/mol. The SMILES string of the molecule is COc1cc(-c2noc([C@@H]3CNCCO3)n2)cc(OC)c1OC. The number of hydrogen-bond donors (Lipinski definition) is 1. The average molecular weight is 321 g/mol. The second-order valence-electron chi connectivity index (χ2n) is 4.93. The molecule has 124 valence electrons. The van der Waals surface area contributed by atoms with E-state index in [0.717, 1.165) is 6.54 Å². The number of nitrogens with zero attached hydrogens (tertiary/aromatic N) is 2. The second-order valence-corrected chi connectivity index (χ2v) is 4.93. The normalized spacial score (nSPS) is 17.8. The van der Waals surface area contributed by atoms with Crippen LogP contribution in [-0.2, 0) is 4.74 Å². The maximum atomic E-state index is 5.61. The van der Waals surface area contributed by atoms with Crippen molar-refractivity contribution >= 4 is 0 Å². The zero-order valence-electron chi connectivity index (χ0n) is 13.3. The first-order chi connectivity index (χ1) is 11.3. The predicted octanol–water partition coefficient (Wildman–Crippen LogP) is 1.42. The Kier molecular flexibility index (Phi) is 4.63. The van der Waals surface area contributed by atoms with Crippen LogP contribution in [0, 0.1) is 0 Å². The topological polar surface area (TPSA) is 87.9 Å². The van der Waals surface area contributed by atoms with Crippen LogP contribution in [-0.4, -0.2) is 51.2 Å². The minimum Gasteiger partial charge on any atom is -0.493 e. The third-order valence-corrected chi connectivity index (χ3v) is 3.57. The van der Waals surface area contributed by atoms with E-state index in [1.807, 2.05) is 0 Å². The molecule has 2 aromatic rings. The van der Waals surface area contributed by atoms with Crippen LogP contribution in [0.5, 0.6) is 17.2 Å². The molecular formula is C15H19N3O5. The van der Waals surface area contributed by atoms with Gasteiger partial charge >= 0.3 is 0 Å². The molecule has 1 saturated heterocycles. The van der Waals surface area contributed by atoms with E-state index in [-0.39, 0.29) is 6.10 Å². The van der Waals surface area contributed by atoms with E-state index in [2.05, 4.69) is 15.5 Å². The largest absolute Gasteiger partial charge is 0.493 e.